The first kappa shape index (κ1) is 14.2. The molecular formula is C14H19Br. The van der Waals surface area contributed by atoms with Gasteiger partial charge in [0, 0.05) is 0 Å². The lowest BCUT2D eigenvalue weighted by Gasteiger charge is -1.99. The van der Waals surface area contributed by atoms with Gasteiger partial charge in [-0.1, -0.05) is 65.9 Å². The van der Waals surface area contributed by atoms with Crippen LogP contribution in [0.4, 0.5) is 0 Å². The van der Waals surface area contributed by atoms with E-state index in [4.69, 9.17) is 0 Å². The highest BCUT2D eigenvalue weighted by molar-refractivity contribution is 9.11. The average Bonchev–Trinajstić information content (AvgIpc) is 2.21. The van der Waals surface area contributed by atoms with E-state index in [-0.39, 0.29) is 0 Å². The summed E-state index contributed by atoms with van der Waals surface area (Å²) in [6, 6.07) is 0. The first-order valence-electron chi connectivity index (χ1n) is 5.03. The van der Waals surface area contributed by atoms with E-state index in [1.165, 1.54) is 4.48 Å². The van der Waals surface area contributed by atoms with Crippen LogP contribution in [-0.2, 0) is 0 Å². The maximum Gasteiger partial charge on any atom is -0.00520 e. The van der Waals surface area contributed by atoms with Crippen LogP contribution in [0.2, 0.25) is 0 Å². The van der Waals surface area contributed by atoms with E-state index in [2.05, 4.69) is 55.1 Å². The first-order valence-corrected chi connectivity index (χ1v) is 5.82. The Morgan fingerprint density at radius 3 is 2.20 bits per heavy atom. The van der Waals surface area contributed by atoms with Crippen molar-refractivity contribution >= 4 is 15.9 Å². The van der Waals surface area contributed by atoms with Crippen LogP contribution in [-0.4, -0.2) is 0 Å². The van der Waals surface area contributed by atoms with E-state index in [0.717, 1.165) is 23.1 Å². The van der Waals surface area contributed by atoms with Crippen LogP contribution in [0.25, 0.3) is 0 Å². The third kappa shape index (κ3) is 7.15. The van der Waals surface area contributed by atoms with Gasteiger partial charge in [0.2, 0.25) is 0 Å². The van der Waals surface area contributed by atoms with Crippen LogP contribution in [0.3, 0.4) is 0 Å². The Kier molecular flexibility index (Phi) is 7.06. The lowest BCUT2D eigenvalue weighted by molar-refractivity contribution is 1.20. The molecule has 0 aromatic carbocycles. The Bertz CT molecular complexity index is 327. The van der Waals surface area contributed by atoms with Gasteiger partial charge in [-0.25, -0.2) is 0 Å². The van der Waals surface area contributed by atoms with Crippen LogP contribution >= 0.6 is 15.9 Å². The lowest BCUT2D eigenvalue weighted by Crippen LogP contribution is -1.78. The van der Waals surface area contributed by atoms with Crippen molar-refractivity contribution in [3.05, 3.63) is 58.7 Å². The Hall–Kier alpha value is -0.820. The molecule has 0 nitrogen and oxygen atoms in total. The fourth-order valence-electron chi connectivity index (χ4n) is 0.815. The minimum Gasteiger partial charge on any atom is -0.0961 e. The van der Waals surface area contributed by atoms with E-state index < -0.39 is 0 Å². The fourth-order valence-corrected chi connectivity index (χ4v) is 0.947. The molecule has 0 aromatic rings. The molecule has 0 aliphatic carbocycles. The number of hydrogen-bond acceptors (Lipinski definition) is 0. The van der Waals surface area contributed by atoms with E-state index >= 15 is 0 Å². The van der Waals surface area contributed by atoms with Gasteiger partial charge in [-0.15, -0.1) is 0 Å². The largest absolute Gasteiger partial charge is 0.0961 e. The number of allylic oxidation sites excluding steroid dienone is 8. The smallest absolute Gasteiger partial charge is 0.00520 e. The van der Waals surface area contributed by atoms with E-state index in [1.54, 1.807) is 0 Å². The molecule has 0 amide bonds. The fraction of sp³-hybridized carbons (Fsp3) is 0.286. The summed E-state index contributed by atoms with van der Waals surface area (Å²) < 4.78 is 1.19. The third-order valence-electron chi connectivity index (χ3n) is 1.93. The molecule has 0 bridgehead atoms. The van der Waals surface area contributed by atoms with Crippen molar-refractivity contribution in [1.29, 1.82) is 0 Å². The van der Waals surface area contributed by atoms with Gasteiger partial charge in [0.15, 0.2) is 0 Å². The van der Waals surface area contributed by atoms with Gasteiger partial charge in [0.05, 0.1) is 0 Å². The SMILES string of the molecule is C=C(C)/C=C\C(=C)/C(C)=C/C=C(/Br)CC. The molecule has 0 aromatic heterocycles. The Morgan fingerprint density at radius 2 is 1.73 bits per heavy atom. The van der Waals surface area contributed by atoms with Crippen LogP contribution < -0.4 is 0 Å². The topological polar surface area (TPSA) is 0 Å². The Morgan fingerprint density at radius 1 is 1.13 bits per heavy atom. The predicted molar refractivity (Wildman–Crippen MR) is 74.2 cm³/mol. The van der Waals surface area contributed by atoms with Gasteiger partial charge in [-0.3, -0.25) is 0 Å². The Balaban J connectivity index is 4.51. The maximum absolute atomic E-state index is 3.99. The molecule has 0 aliphatic rings. The monoisotopic (exact) mass is 266 g/mol. The summed E-state index contributed by atoms with van der Waals surface area (Å²) in [4.78, 5) is 0. The van der Waals surface area contributed by atoms with Crippen molar-refractivity contribution in [1.82, 2.24) is 0 Å². The van der Waals surface area contributed by atoms with Gasteiger partial charge in [0.25, 0.3) is 0 Å². The highest BCUT2D eigenvalue weighted by atomic mass is 79.9. The molecule has 0 radical (unpaired) electrons. The first-order chi connectivity index (χ1) is 6.97. The van der Waals surface area contributed by atoms with Crippen molar-refractivity contribution in [2.45, 2.75) is 27.2 Å². The maximum atomic E-state index is 3.99. The van der Waals surface area contributed by atoms with E-state index in [0.29, 0.717) is 0 Å². The summed E-state index contributed by atoms with van der Waals surface area (Å²) in [5, 5.41) is 0. The van der Waals surface area contributed by atoms with Crippen molar-refractivity contribution in [2.75, 3.05) is 0 Å². The standard InChI is InChI=1S/C14H19Br/c1-6-14(15)10-9-13(5)12(4)8-7-11(2)3/h7-10H,2,4,6H2,1,3,5H3/b8-7-,13-9+,14-10+. The summed E-state index contributed by atoms with van der Waals surface area (Å²) in [5.41, 5.74) is 3.22. The molecule has 0 spiro atoms. The quantitative estimate of drug-likeness (QED) is 0.592. The second-order valence-electron chi connectivity index (χ2n) is 3.52. The molecule has 0 rings (SSSR count). The van der Waals surface area contributed by atoms with Crippen molar-refractivity contribution in [3.8, 4) is 0 Å². The molecule has 82 valence electrons. The number of halogens is 1. The van der Waals surface area contributed by atoms with Crippen LogP contribution in [0, 0.1) is 0 Å². The molecule has 15 heavy (non-hydrogen) atoms. The summed E-state index contributed by atoms with van der Waals surface area (Å²) in [6.45, 7) is 13.9. The predicted octanol–water partition coefficient (Wildman–Crippen LogP) is 5.31. The molecule has 1 heteroatoms. The summed E-state index contributed by atoms with van der Waals surface area (Å²) >= 11 is 3.47. The highest BCUT2D eigenvalue weighted by Gasteiger charge is 1.91. The molecule has 0 heterocycles. The molecule has 0 aliphatic heterocycles. The highest BCUT2D eigenvalue weighted by Crippen LogP contribution is 2.13. The summed E-state index contributed by atoms with van der Waals surface area (Å²) in [6.07, 6.45) is 9.10. The second-order valence-corrected chi connectivity index (χ2v) is 4.54. The van der Waals surface area contributed by atoms with E-state index in [1.807, 2.05) is 19.1 Å². The minimum absolute atomic E-state index is 1.01. The zero-order chi connectivity index (χ0) is 11.8. The van der Waals surface area contributed by atoms with Gasteiger partial charge in [0.1, 0.15) is 0 Å². The van der Waals surface area contributed by atoms with Gasteiger partial charge < -0.3 is 0 Å². The number of hydrogen-bond donors (Lipinski definition) is 0. The zero-order valence-electron chi connectivity index (χ0n) is 9.81. The number of rotatable bonds is 5. The summed E-state index contributed by atoms with van der Waals surface area (Å²) in [7, 11) is 0. The third-order valence-corrected chi connectivity index (χ3v) is 2.75. The normalized spacial score (nSPS) is 13.3. The van der Waals surface area contributed by atoms with Crippen molar-refractivity contribution < 1.29 is 0 Å². The molecule has 0 saturated heterocycles. The van der Waals surface area contributed by atoms with Crippen LogP contribution in [0.1, 0.15) is 27.2 Å². The van der Waals surface area contributed by atoms with Gasteiger partial charge in [-0.2, -0.15) is 0 Å². The second kappa shape index (κ2) is 7.47. The Labute approximate surface area is 102 Å². The summed E-state index contributed by atoms with van der Waals surface area (Å²) in [5.74, 6) is 0. The molecule has 0 unspecified atom stereocenters. The molecule has 0 saturated carbocycles. The van der Waals surface area contributed by atoms with E-state index in [9.17, 15) is 0 Å². The molecule has 0 atom stereocenters. The molecule has 0 N–H and O–H groups in total. The average molecular weight is 267 g/mol. The van der Waals surface area contributed by atoms with Crippen LogP contribution in [0.5, 0.6) is 0 Å². The lowest BCUT2D eigenvalue weighted by atomic mass is 10.1. The van der Waals surface area contributed by atoms with Gasteiger partial charge >= 0.3 is 0 Å². The van der Waals surface area contributed by atoms with Crippen molar-refractivity contribution in [2.24, 2.45) is 0 Å². The molecular weight excluding hydrogens is 248 g/mol. The van der Waals surface area contributed by atoms with Crippen LogP contribution in [0.15, 0.2) is 58.7 Å². The van der Waals surface area contributed by atoms with Crippen molar-refractivity contribution in [3.63, 3.8) is 0 Å². The van der Waals surface area contributed by atoms with Gasteiger partial charge in [-0.05, 0) is 35.9 Å². The minimum atomic E-state index is 1.01. The molecule has 0 fully saturated rings. The zero-order valence-corrected chi connectivity index (χ0v) is 11.4.